The van der Waals surface area contributed by atoms with Gasteiger partial charge in [-0.1, -0.05) is 104 Å². The second-order valence-corrected chi connectivity index (χ2v) is 23.2. The summed E-state index contributed by atoms with van der Waals surface area (Å²) < 4.78 is 27.8. The number of ether oxygens (including phenoxy) is 4. The Labute approximate surface area is 477 Å². The first-order valence-corrected chi connectivity index (χ1v) is 28.2. The van der Waals surface area contributed by atoms with Crippen molar-refractivity contribution < 1.29 is 57.3 Å². The highest BCUT2D eigenvalue weighted by Gasteiger charge is 2.43. The van der Waals surface area contributed by atoms with Gasteiger partial charge >= 0.3 is 23.9 Å². The molecule has 2 aromatic carbocycles. The van der Waals surface area contributed by atoms with Crippen molar-refractivity contribution in [3.05, 3.63) is 108 Å². The molecule has 0 saturated carbocycles. The van der Waals surface area contributed by atoms with Crippen molar-refractivity contribution in [3.8, 4) is 0 Å². The van der Waals surface area contributed by atoms with Crippen LogP contribution < -0.4 is 0 Å². The van der Waals surface area contributed by atoms with E-state index in [2.05, 4.69) is 10.2 Å². The maximum atomic E-state index is 15.1. The van der Waals surface area contributed by atoms with Gasteiger partial charge in [0, 0.05) is 65.8 Å². The second kappa shape index (κ2) is 29.9. The van der Waals surface area contributed by atoms with Crippen LogP contribution in [0.15, 0.2) is 85.5 Å². The minimum atomic E-state index is -1.54. The SMILES string of the molecule is CC(C)CC[C@H]1C(=O)O[C@H](Cc2cccc(Cn3cccn3)c2)C(=O)N(C)[C@@H](CC(C)C)C(=O)O[C@H](C)C(=O)N(C)[C@@H](CC(C)C)C(=O)O[C@H](Cc2ccc(Cn3cccn3)cc2)C(=O)N(C)[C@@H](CC(C)C)C(=O)O[C@H](C)C(=O)N1C. The summed E-state index contributed by atoms with van der Waals surface area (Å²) in [6.07, 6.45) is 1.51. The summed E-state index contributed by atoms with van der Waals surface area (Å²) in [6.45, 7) is 18.7. The highest BCUT2D eigenvalue weighted by Crippen LogP contribution is 2.25. The molecule has 0 radical (unpaired) electrons. The predicted molar refractivity (Wildman–Crippen MR) is 302 cm³/mol. The van der Waals surface area contributed by atoms with E-state index in [1.54, 1.807) is 46.0 Å². The summed E-state index contributed by atoms with van der Waals surface area (Å²) in [5.74, 6) is -7.14. The molecule has 0 aliphatic carbocycles. The van der Waals surface area contributed by atoms with Crippen LogP contribution in [-0.2, 0) is 83.2 Å². The summed E-state index contributed by atoms with van der Waals surface area (Å²) in [7, 11) is 5.59. The molecule has 4 aromatic rings. The highest BCUT2D eigenvalue weighted by molar-refractivity contribution is 5.94. The van der Waals surface area contributed by atoms with Crippen molar-refractivity contribution in [2.75, 3.05) is 28.2 Å². The van der Waals surface area contributed by atoms with Crippen molar-refractivity contribution in [1.82, 2.24) is 39.2 Å². The predicted octanol–water partition coefficient (Wildman–Crippen LogP) is 6.54. The maximum Gasteiger partial charge on any atom is 0.329 e. The number of amides is 4. The summed E-state index contributed by atoms with van der Waals surface area (Å²) in [4.78, 5) is 122. The van der Waals surface area contributed by atoms with Gasteiger partial charge in [-0.15, -0.1) is 0 Å². The van der Waals surface area contributed by atoms with Crippen molar-refractivity contribution >= 4 is 47.5 Å². The fourth-order valence-corrected chi connectivity index (χ4v) is 9.81. The molecule has 0 bridgehead atoms. The number of hydrogen-bond donors (Lipinski definition) is 0. The zero-order valence-corrected chi connectivity index (χ0v) is 49.9. The summed E-state index contributed by atoms with van der Waals surface area (Å²) in [5, 5.41) is 8.59. The van der Waals surface area contributed by atoms with E-state index in [0.29, 0.717) is 30.6 Å². The van der Waals surface area contributed by atoms with Crippen LogP contribution >= 0.6 is 0 Å². The van der Waals surface area contributed by atoms with Gasteiger partial charge < -0.3 is 38.5 Å². The molecule has 20 nitrogen and oxygen atoms in total. The third-order valence-corrected chi connectivity index (χ3v) is 14.5. The topological polar surface area (TPSA) is 222 Å². The van der Waals surface area contributed by atoms with Gasteiger partial charge in [0.1, 0.15) is 24.2 Å². The lowest BCUT2D eigenvalue weighted by molar-refractivity contribution is -0.176. The standard InChI is InChI=1S/C61H86N8O12/c1-38(2)20-25-48-58(74)80-53(35-46-18-15-19-47(33-46)37-69-29-17-27-63-69)57(73)67(14)50(31-40(5)6)60(76)79-43(10)55(71)65(12)51(32-41(7)8)61(77)81-52(34-44-21-23-45(24-22-44)36-68-28-16-26-62-68)56(72)66(13)49(30-39(3)4)59(75)78-42(9)54(70)64(48)11/h15-19,21-24,26-29,33,38-43,48-53H,20,25,30-32,34-37H2,1-14H3/t42-,43-,48+,49+,50+,51+,52-,53-/m1/s1. The largest absolute Gasteiger partial charge is 0.451 e. The number of aromatic nitrogens is 4. The van der Waals surface area contributed by atoms with Crippen LogP contribution in [0.25, 0.3) is 0 Å². The van der Waals surface area contributed by atoms with Gasteiger partial charge in [0.05, 0.1) is 13.1 Å². The highest BCUT2D eigenvalue weighted by atomic mass is 16.6. The van der Waals surface area contributed by atoms with Gasteiger partial charge in [0.15, 0.2) is 24.4 Å². The lowest BCUT2D eigenvalue weighted by atomic mass is 9.99. The normalized spacial score (nSPS) is 23.1. The number of carbonyl (C=O) groups is 8. The van der Waals surface area contributed by atoms with Crippen molar-refractivity contribution in [1.29, 1.82) is 0 Å². The van der Waals surface area contributed by atoms with E-state index in [1.165, 1.54) is 46.9 Å². The van der Waals surface area contributed by atoms with Crippen molar-refractivity contribution in [2.45, 2.75) is 176 Å². The number of likely N-dealkylation sites (N-methyl/N-ethyl adjacent to an activating group) is 4. The number of cyclic esters (lactones) is 4. The van der Waals surface area contributed by atoms with Crippen LogP contribution in [0.2, 0.25) is 0 Å². The first-order chi connectivity index (χ1) is 38.2. The molecule has 81 heavy (non-hydrogen) atoms. The molecular weight excluding hydrogens is 1040 g/mol. The van der Waals surface area contributed by atoms with E-state index in [4.69, 9.17) is 18.9 Å². The van der Waals surface area contributed by atoms with E-state index < -0.39 is 96.1 Å². The third-order valence-electron chi connectivity index (χ3n) is 14.5. The molecule has 5 rings (SSSR count). The number of benzene rings is 2. The minimum Gasteiger partial charge on any atom is -0.451 e. The van der Waals surface area contributed by atoms with Crippen molar-refractivity contribution in [2.24, 2.45) is 23.7 Å². The molecule has 1 fully saturated rings. The number of carbonyl (C=O) groups excluding carboxylic acids is 8. The van der Waals surface area contributed by atoms with E-state index in [0.717, 1.165) is 25.8 Å². The van der Waals surface area contributed by atoms with Gasteiger partial charge in [-0.3, -0.25) is 28.5 Å². The Hall–Kier alpha value is -7.38. The Bertz CT molecular complexity index is 2730. The zero-order chi connectivity index (χ0) is 59.8. The van der Waals surface area contributed by atoms with Crippen LogP contribution in [-0.4, -0.2) is 163 Å². The average Bonchev–Trinajstić information content (AvgIpc) is 4.14. The second-order valence-electron chi connectivity index (χ2n) is 23.2. The van der Waals surface area contributed by atoms with Crippen LogP contribution in [0.5, 0.6) is 0 Å². The lowest BCUT2D eigenvalue weighted by Crippen LogP contribution is -2.54. The summed E-state index contributed by atoms with van der Waals surface area (Å²) in [6, 6.07) is 13.2. The van der Waals surface area contributed by atoms with Crippen molar-refractivity contribution in [3.63, 3.8) is 0 Å². The Morgan fingerprint density at radius 3 is 1.22 bits per heavy atom. The van der Waals surface area contributed by atoms with E-state index in [9.17, 15) is 33.6 Å². The molecule has 1 saturated heterocycles. The Morgan fingerprint density at radius 2 is 0.802 bits per heavy atom. The Morgan fingerprint density at radius 1 is 0.432 bits per heavy atom. The monoisotopic (exact) mass is 1120 g/mol. The number of esters is 4. The molecule has 3 heterocycles. The van der Waals surface area contributed by atoms with E-state index in [-0.39, 0.29) is 62.2 Å². The van der Waals surface area contributed by atoms with Gasteiger partial charge in [-0.2, -0.15) is 10.2 Å². The molecule has 1 aliphatic heterocycles. The van der Waals surface area contributed by atoms with Crippen LogP contribution in [0.3, 0.4) is 0 Å². The number of rotatable bonds is 17. The Balaban J connectivity index is 1.61. The third kappa shape index (κ3) is 18.6. The molecular formula is C61H86N8O12. The molecule has 442 valence electrons. The van der Waals surface area contributed by atoms with Crippen LogP contribution in [0.1, 0.15) is 124 Å². The Kier molecular flexibility index (Phi) is 23.8. The quantitative estimate of drug-likeness (QED) is 0.0809. The number of hydrogen-bond acceptors (Lipinski definition) is 14. The number of nitrogens with zero attached hydrogens (tertiary/aromatic N) is 8. The lowest BCUT2D eigenvalue weighted by Gasteiger charge is -2.35. The fourth-order valence-electron chi connectivity index (χ4n) is 9.81. The van der Waals surface area contributed by atoms with Crippen LogP contribution in [0, 0.1) is 23.7 Å². The first-order valence-electron chi connectivity index (χ1n) is 28.2. The van der Waals surface area contributed by atoms with Gasteiger partial charge in [0.2, 0.25) is 0 Å². The molecule has 2 aromatic heterocycles. The fraction of sp³-hybridized carbons (Fsp3) is 0.574. The summed E-state index contributed by atoms with van der Waals surface area (Å²) in [5.41, 5.74) is 3.01. The summed E-state index contributed by atoms with van der Waals surface area (Å²) >= 11 is 0. The van der Waals surface area contributed by atoms with Crippen LogP contribution in [0.4, 0.5) is 0 Å². The van der Waals surface area contributed by atoms with E-state index in [1.807, 2.05) is 104 Å². The molecule has 20 heteroatoms. The smallest absolute Gasteiger partial charge is 0.329 e. The van der Waals surface area contributed by atoms with Gasteiger partial charge in [-0.05, 0) is 104 Å². The zero-order valence-electron chi connectivity index (χ0n) is 49.9. The van der Waals surface area contributed by atoms with E-state index >= 15 is 4.79 Å². The molecule has 8 atom stereocenters. The average molecular weight is 1120 g/mol. The molecule has 4 amide bonds. The maximum absolute atomic E-state index is 15.1. The molecule has 0 N–H and O–H groups in total. The van der Waals surface area contributed by atoms with Gasteiger partial charge in [-0.25, -0.2) is 19.2 Å². The molecule has 0 spiro atoms. The molecule has 1 aliphatic rings. The minimum absolute atomic E-state index is 0.0680. The first kappa shape index (κ1) is 64.4. The molecule has 0 unspecified atom stereocenters. The van der Waals surface area contributed by atoms with Gasteiger partial charge in [0.25, 0.3) is 23.6 Å².